The van der Waals surface area contributed by atoms with Gasteiger partial charge in [0, 0.05) is 19.8 Å². The molecule has 4 heterocycles. The average Bonchev–Trinajstić information content (AvgIpc) is 3.40. The summed E-state index contributed by atoms with van der Waals surface area (Å²) in [5.41, 5.74) is 0. The molecule has 178 valence electrons. The van der Waals surface area contributed by atoms with Crippen LogP contribution in [-0.2, 0) is 9.53 Å². The fourth-order valence-corrected chi connectivity index (χ4v) is 5.76. The Morgan fingerprint density at radius 2 is 1.94 bits per heavy atom. The Labute approximate surface area is 199 Å². The SMILES string of the molecule is CCOC(=O)N1CC[N+](=C2N=C3C(C(=O)N(C)C(=O)N3C)N2CCSc2nnc(C)s2)CC1. The highest BCUT2D eigenvalue weighted by Crippen LogP contribution is 2.26. The van der Waals surface area contributed by atoms with Gasteiger partial charge in [0.2, 0.25) is 11.9 Å². The van der Waals surface area contributed by atoms with Gasteiger partial charge < -0.3 is 9.64 Å². The number of aryl methyl sites for hydroxylation is 1. The molecule has 0 aliphatic carbocycles. The van der Waals surface area contributed by atoms with Crippen LogP contribution in [0.3, 0.4) is 0 Å². The molecule has 4 amide bonds. The molecule has 1 atom stereocenters. The fraction of sp³-hybridized carbons (Fsp3) is 0.632. The van der Waals surface area contributed by atoms with Crippen molar-refractivity contribution in [2.24, 2.45) is 4.99 Å². The summed E-state index contributed by atoms with van der Waals surface area (Å²) in [5.74, 6) is 1.46. The van der Waals surface area contributed by atoms with Gasteiger partial charge >= 0.3 is 18.1 Å². The monoisotopic (exact) mass is 495 g/mol. The number of rotatable bonds is 5. The van der Waals surface area contributed by atoms with Crippen molar-refractivity contribution in [2.45, 2.75) is 24.2 Å². The summed E-state index contributed by atoms with van der Waals surface area (Å²) in [5, 5.41) is 9.10. The molecule has 0 saturated carbocycles. The van der Waals surface area contributed by atoms with Crippen molar-refractivity contribution in [3.8, 4) is 0 Å². The highest BCUT2D eigenvalue weighted by atomic mass is 32.2. The summed E-state index contributed by atoms with van der Waals surface area (Å²) in [6, 6.07) is -1.06. The van der Waals surface area contributed by atoms with E-state index in [9.17, 15) is 14.4 Å². The second-order valence-corrected chi connectivity index (χ2v) is 10.2. The molecule has 1 aromatic heterocycles. The third-order valence-corrected chi connectivity index (χ3v) is 7.62. The lowest BCUT2D eigenvalue weighted by molar-refractivity contribution is -0.543. The fourth-order valence-electron chi connectivity index (χ4n) is 3.94. The molecular weight excluding hydrogens is 468 g/mol. The maximum atomic E-state index is 13.1. The van der Waals surface area contributed by atoms with E-state index < -0.39 is 12.1 Å². The number of thioether (sulfide) groups is 1. The van der Waals surface area contributed by atoms with Gasteiger partial charge in [0.15, 0.2) is 4.34 Å². The van der Waals surface area contributed by atoms with Crippen LogP contribution in [-0.4, -0.2) is 129 Å². The lowest BCUT2D eigenvalue weighted by Crippen LogP contribution is -2.63. The Kier molecular flexibility index (Phi) is 6.83. The number of piperazine rings is 1. The molecule has 4 rings (SSSR count). The van der Waals surface area contributed by atoms with Crippen LogP contribution in [0.5, 0.6) is 0 Å². The van der Waals surface area contributed by atoms with E-state index in [0.717, 1.165) is 14.2 Å². The molecule has 2 saturated heterocycles. The maximum absolute atomic E-state index is 13.1. The number of guanidine groups is 1. The van der Waals surface area contributed by atoms with E-state index >= 15 is 0 Å². The zero-order valence-corrected chi connectivity index (χ0v) is 20.7. The Hall–Kier alpha value is -2.74. The predicted octanol–water partition coefficient (Wildman–Crippen LogP) is 0.386. The third-order valence-electron chi connectivity index (χ3n) is 5.66. The van der Waals surface area contributed by atoms with Crippen molar-refractivity contribution in [3.63, 3.8) is 0 Å². The van der Waals surface area contributed by atoms with E-state index in [1.807, 2.05) is 11.8 Å². The second-order valence-electron chi connectivity index (χ2n) is 7.71. The quantitative estimate of drug-likeness (QED) is 0.426. The van der Waals surface area contributed by atoms with E-state index in [1.54, 1.807) is 30.6 Å². The van der Waals surface area contributed by atoms with Crippen molar-refractivity contribution in [1.29, 1.82) is 0 Å². The molecule has 3 aliphatic rings. The standard InChI is InChI=1S/C19H27N8O4S2/c1-5-31-19(30)26-8-6-25(7-9-26)16-20-14-13(15(28)24(4)18(29)23(14)3)27(16)10-11-32-17-22-21-12(2)33-17/h13H,5-11H2,1-4H3/q+1. The smallest absolute Gasteiger partial charge is 0.409 e. The van der Waals surface area contributed by atoms with Gasteiger partial charge in [-0.05, 0) is 13.8 Å². The number of aliphatic imine (C=N–C) groups is 1. The van der Waals surface area contributed by atoms with Gasteiger partial charge in [-0.15, -0.1) is 10.2 Å². The number of likely N-dealkylation sites (N-methyl/N-ethyl adjacent to an activating group) is 2. The Balaban J connectivity index is 1.57. The van der Waals surface area contributed by atoms with Gasteiger partial charge in [-0.1, -0.05) is 28.1 Å². The minimum Gasteiger partial charge on any atom is -0.450 e. The number of nitrogens with zero attached hydrogens (tertiary/aromatic N) is 8. The van der Waals surface area contributed by atoms with Gasteiger partial charge in [-0.25, -0.2) is 14.5 Å². The van der Waals surface area contributed by atoms with Crippen molar-refractivity contribution in [3.05, 3.63) is 5.01 Å². The van der Waals surface area contributed by atoms with Crippen LogP contribution in [0.1, 0.15) is 11.9 Å². The van der Waals surface area contributed by atoms with E-state index in [2.05, 4.69) is 14.8 Å². The van der Waals surface area contributed by atoms with E-state index in [4.69, 9.17) is 9.73 Å². The van der Waals surface area contributed by atoms with Gasteiger partial charge in [-0.2, -0.15) is 0 Å². The van der Waals surface area contributed by atoms with E-state index in [1.165, 1.54) is 23.3 Å². The molecule has 0 radical (unpaired) electrons. The lowest BCUT2D eigenvalue weighted by atomic mass is 10.1. The lowest BCUT2D eigenvalue weighted by Gasteiger charge is -2.33. The first kappa shape index (κ1) is 23.4. The number of urea groups is 1. The van der Waals surface area contributed by atoms with Crippen molar-refractivity contribution in [1.82, 2.24) is 29.8 Å². The van der Waals surface area contributed by atoms with Crippen molar-refractivity contribution < 1.29 is 23.7 Å². The largest absolute Gasteiger partial charge is 0.450 e. The number of fused-ring (bicyclic) bond motifs is 1. The molecule has 33 heavy (non-hydrogen) atoms. The molecule has 12 nitrogen and oxygen atoms in total. The highest BCUT2D eigenvalue weighted by molar-refractivity contribution is 8.01. The molecule has 1 aromatic rings. The molecule has 2 fully saturated rings. The minimum absolute atomic E-state index is 0.297. The average molecular weight is 496 g/mol. The molecular formula is C19H27N8O4S2+. The summed E-state index contributed by atoms with van der Waals surface area (Å²) < 4.78 is 8.04. The first-order chi connectivity index (χ1) is 15.8. The topological polar surface area (TPSA) is 115 Å². The number of ether oxygens (including phenoxy) is 1. The molecule has 14 heteroatoms. The van der Waals surface area contributed by atoms with Gasteiger partial charge in [0.05, 0.1) is 39.3 Å². The Bertz CT molecular complexity index is 1020. The van der Waals surface area contributed by atoms with E-state index in [-0.39, 0.29) is 12.0 Å². The zero-order chi connectivity index (χ0) is 23.7. The second kappa shape index (κ2) is 9.63. The maximum Gasteiger partial charge on any atom is 0.409 e. The zero-order valence-electron chi connectivity index (χ0n) is 19.1. The molecule has 3 aliphatic heterocycles. The number of amides is 4. The normalized spacial score (nSPS) is 21.1. The third kappa shape index (κ3) is 4.53. The first-order valence-electron chi connectivity index (χ1n) is 10.7. The van der Waals surface area contributed by atoms with Crippen LogP contribution >= 0.6 is 23.1 Å². The number of hydrogen-bond acceptors (Lipinski definition) is 8. The van der Waals surface area contributed by atoms with Crippen LogP contribution in [0.15, 0.2) is 9.33 Å². The molecule has 0 spiro atoms. The molecule has 0 aromatic carbocycles. The van der Waals surface area contributed by atoms with Crippen LogP contribution in [0, 0.1) is 6.92 Å². The molecule has 0 bridgehead atoms. The van der Waals surface area contributed by atoms with Gasteiger partial charge in [-0.3, -0.25) is 19.2 Å². The Morgan fingerprint density at radius 1 is 1.21 bits per heavy atom. The summed E-state index contributed by atoms with van der Waals surface area (Å²) in [6.07, 6.45) is -0.323. The van der Waals surface area contributed by atoms with Crippen LogP contribution < -0.4 is 0 Å². The van der Waals surface area contributed by atoms with Crippen LogP contribution in [0.25, 0.3) is 0 Å². The number of amidine groups is 1. The van der Waals surface area contributed by atoms with Crippen LogP contribution in [0.2, 0.25) is 0 Å². The molecule has 1 unspecified atom stereocenters. The minimum atomic E-state index is -0.660. The summed E-state index contributed by atoms with van der Waals surface area (Å²) in [4.78, 5) is 48.6. The van der Waals surface area contributed by atoms with Crippen molar-refractivity contribution >= 4 is 52.9 Å². The van der Waals surface area contributed by atoms with Crippen LogP contribution in [0.4, 0.5) is 9.59 Å². The summed E-state index contributed by atoms with van der Waals surface area (Å²) >= 11 is 3.10. The number of carbonyl (C=O) groups excluding carboxylic acids is 3. The predicted molar refractivity (Wildman–Crippen MR) is 123 cm³/mol. The summed E-state index contributed by atoms with van der Waals surface area (Å²) in [6.45, 7) is 6.66. The molecule has 0 N–H and O–H groups in total. The summed E-state index contributed by atoms with van der Waals surface area (Å²) in [7, 11) is 3.13. The van der Waals surface area contributed by atoms with Gasteiger partial charge in [0.1, 0.15) is 5.01 Å². The number of aromatic nitrogens is 2. The van der Waals surface area contributed by atoms with Gasteiger partial charge in [0.25, 0.3) is 5.91 Å². The number of hydrogen-bond donors (Lipinski definition) is 0. The number of carbonyl (C=O) groups is 3. The van der Waals surface area contributed by atoms with Crippen molar-refractivity contribution in [2.75, 3.05) is 59.2 Å². The number of imide groups is 1. The Morgan fingerprint density at radius 3 is 2.58 bits per heavy atom. The highest BCUT2D eigenvalue weighted by Gasteiger charge is 2.55. The first-order valence-corrected chi connectivity index (χ1v) is 12.5. The van der Waals surface area contributed by atoms with E-state index in [0.29, 0.717) is 56.9 Å².